The lowest BCUT2D eigenvalue weighted by molar-refractivity contribution is -0.152. The van der Waals surface area contributed by atoms with Gasteiger partial charge in [-0.15, -0.1) is 0 Å². The Morgan fingerprint density at radius 3 is 2.76 bits per heavy atom. The van der Waals surface area contributed by atoms with Crippen molar-refractivity contribution >= 4 is 5.97 Å². The number of hydrogen-bond donors (Lipinski definition) is 1. The number of carbonyl (C=O) groups excluding carboxylic acids is 1. The summed E-state index contributed by atoms with van der Waals surface area (Å²) in [5.74, 6) is 1.36. The molecule has 5 atom stereocenters. The van der Waals surface area contributed by atoms with Gasteiger partial charge in [-0.1, -0.05) is 0 Å². The zero-order valence-corrected chi connectivity index (χ0v) is 10.1. The van der Waals surface area contributed by atoms with Crippen molar-refractivity contribution in [2.45, 2.75) is 31.7 Å². The van der Waals surface area contributed by atoms with Crippen LogP contribution in [0.1, 0.15) is 25.7 Å². The van der Waals surface area contributed by atoms with E-state index in [1.165, 1.54) is 6.42 Å². The molecule has 1 saturated heterocycles. The van der Waals surface area contributed by atoms with Crippen molar-refractivity contribution in [1.82, 2.24) is 0 Å². The van der Waals surface area contributed by atoms with Gasteiger partial charge in [0.15, 0.2) is 0 Å². The van der Waals surface area contributed by atoms with Crippen LogP contribution >= 0.6 is 0 Å². The molecule has 0 spiro atoms. The van der Waals surface area contributed by atoms with Crippen LogP contribution in [-0.2, 0) is 14.3 Å². The van der Waals surface area contributed by atoms with E-state index in [4.69, 9.17) is 15.2 Å². The van der Waals surface area contributed by atoms with Crippen molar-refractivity contribution in [1.29, 1.82) is 0 Å². The van der Waals surface area contributed by atoms with E-state index < -0.39 is 0 Å². The molecule has 3 aliphatic rings. The Bertz CT molecular complexity index is 299. The Hall–Kier alpha value is -0.610. The van der Waals surface area contributed by atoms with Crippen LogP contribution in [0.15, 0.2) is 0 Å². The first-order chi connectivity index (χ1) is 8.25. The topological polar surface area (TPSA) is 61.6 Å². The molecule has 3 fully saturated rings. The van der Waals surface area contributed by atoms with Crippen LogP contribution in [0.4, 0.5) is 0 Å². The van der Waals surface area contributed by atoms with Crippen LogP contribution in [0.25, 0.3) is 0 Å². The Balaban J connectivity index is 1.52. The molecule has 1 aliphatic heterocycles. The Morgan fingerprint density at radius 1 is 1.29 bits per heavy atom. The van der Waals surface area contributed by atoms with Gasteiger partial charge in [0.25, 0.3) is 0 Å². The van der Waals surface area contributed by atoms with Crippen LogP contribution in [0.2, 0.25) is 0 Å². The highest BCUT2D eigenvalue weighted by Crippen LogP contribution is 2.48. The zero-order valence-electron chi connectivity index (χ0n) is 10.1. The van der Waals surface area contributed by atoms with Crippen molar-refractivity contribution in [3.8, 4) is 0 Å². The highest BCUT2D eigenvalue weighted by molar-refractivity contribution is 5.74. The smallest absolute Gasteiger partial charge is 0.310 e. The maximum absolute atomic E-state index is 12.1. The minimum Gasteiger partial charge on any atom is -0.465 e. The fourth-order valence-corrected chi connectivity index (χ4v) is 3.70. The first kappa shape index (κ1) is 11.5. The summed E-state index contributed by atoms with van der Waals surface area (Å²) in [5, 5.41) is 0. The van der Waals surface area contributed by atoms with Gasteiger partial charge in [-0.25, -0.2) is 0 Å². The summed E-state index contributed by atoms with van der Waals surface area (Å²) < 4.78 is 10.7. The molecule has 0 aromatic rings. The Kier molecular flexibility index (Phi) is 3.09. The number of ether oxygens (including phenoxy) is 2. The van der Waals surface area contributed by atoms with Gasteiger partial charge in [-0.3, -0.25) is 4.79 Å². The summed E-state index contributed by atoms with van der Waals surface area (Å²) in [6, 6.07) is 0.0427. The summed E-state index contributed by atoms with van der Waals surface area (Å²) in [6.45, 7) is 2.05. The summed E-state index contributed by atoms with van der Waals surface area (Å²) in [7, 11) is 0. The molecule has 3 rings (SSSR count). The number of esters is 1. The third kappa shape index (κ3) is 2.08. The SMILES string of the molecule is NC1C2CCC(C2)C1C(=O)OCC1CCOC1. The molecule has 0 aromatic heterocycles. The van der Waals surface area contributed by atoms with Crippen molar-refractivity contribution in [2.75, 3.05) is 19.8 Å². The van der Waals surface area contributed by atoms with Gasteiger partial charge in [0.2, 0.25) is 0 Å². The molecule has 1 heterocycles. The van der Waals surface area contributed by atoms with Crippen molar-refractivity contribution in [3.63, 3.8) is 0 Å². The first-order valence-electron chi connectivity index (χ1n) is 6.75. The summed E-state index contributed by atoms with van der Waals surface area (Å²) in [5.41, 5.74) is 6.12. The molecular weight excluding hydrogens is 218 g/mol. The van der Waals surface area contributed by atoms with Gasteiger partial charge in [0.1, 0.15) is 0 Å². The highest BCUT2D eigenvalue weighted by atomic mass is 16.5. The van der Waals surface area contributed by atoms with Crippen LogP contribution in [-0.4, -0.2) is 31.8 Å². The lowest BCUT2D eigenvalue weighted by Crippen LogP contribution is -2.41. The van der Waals surface area contributed by atoms with Gasteiger partial charge < -0.3 is 15.2 Å². The second-order valence-electron chi connectivity index (χ2n) is 5.80. The molecule has 4 nitrogen and oxygen atoms in total. The molecule has 96 valence electrons. The number of rotatable bonds is 3. The van der Waals surface area contributed by atoms with Crippen molar-refractivity contribution in [3.05, 3.63) is 0 Å². The fraction of sp³-hybridized carbons (Fsp3) is 0.923. The highest BCUT2D eigenvalue weighted by Gasteiger charge is 2.49. The minimum absolute atomic E-state index is 0.0314. The summed E-state index contributed by atoms with van der Waals surface area (Å²) in [6.07, 6.45) is 4.50. The van der Waals surface area contributed by atoms with Crippen LogP contribution in [0, 0.1) is 23.7 Å². The standard InChI is InChI=1S/C13H21NO3/c14-12-10-2-1-9(5-10)11(12)13(15)17-7-8-3-4-16-6-8/h8-12H,1-7,14H2. The first-order valence-corrected chi connectivity index (χ1v) is 6.75. The largest absolute Gasteiger partial charge is 0.465 e. The molecule has 4 heteroatoms. The van der Waals surface area contributed by atoms with Crippen LogP contribution in [0.5, 0.6) is 0 Å². The molecule has 2 aliphatic carbocycles. The van der Waals surface area contributed by atoms with E-state index >= 15 is 0 Å². The summed E-state index contributed by atoms with van der Waals surface area (Å²) >= 11 is 0. The number of nitrogens with two attached hydrogens (primary N) is 1. The average molecular weight is 239 g/mol. The second-order valence-corrected chi connectivity index (χ2v) is 5.80. The minimum atomic E-state index is -0.0587. The van der Waals surface area contributed by atoms with Crippen molar-refractivity contribution in [2.24, 2.45) is 29.4 Å². The lowest BCUT2D eigenvalue weighted by Gasteiger charge is -2.26. The van der Waals surface area contributed by atoms with E-state index in [-0.39, 0.29) is 17.9 Å². The van der Waals surface area contributed by atoms with E-state index in [0.717, 1.165) is 32.5 Å². The van der Waals surface area contributed by atoms with E-state index in [9.17, 15) is 4.79 Å². The van der Waals surface area contributed by atoms with Gasteiger partial charge >= 0.3 is 5.97 Å². The quantitative estimate of drug-likeness (QED) is 0.745. The van der Waals surface area contributed by atoms with Gasteiger partial charge in [-0.05, 0) is 37.5 Å². The predicted molar refractivity (Wildman–Crippen MR) is 62.2 cm³/mol. The van der Waals surface area contributed by atoms with E-state index in [2.05, 4.69) is 0 Å². The molecular formula is C13H21NO3. The number of carbonyl (C=O) groups is 1. The molecule has 0 amide bonds. The third-order valence-electron chi connectivity index (χ3n) is 4.74. The maximum Gasteiger partial charge on any atom is 0.310 e. The summed E-state index contributed by atoms with van der Waals surface area (Å²) in [4.78, 5) is 12.1. The Labute approximate surface area is 102 Å². The van der Waals surface area contributed by atoms with Gasteiger partial charge in [0, 0.05) is 18.6 Å². The zero-order chi connectivity index (χ0) is 11.8. The molecule has 5 unspecified atom stereocenters. The average Bonchev–Trinajstić information content (AvgIpc) is 3.02. The lowest BCUT2D eigenvalue weighted by atomic mass is 9.85. The number of hydrogen-bond acceptors (Lipinski definition) is 4. The van der Waals surface area contributed by atoms with Gasteiger partial charge in [-0.2, -0.15) is 0 Å². The maximum atomic E-state index is 12.1. The molecule has 0 radical (unpaired) electrons. The fourth-order valence-electron chi connectivity index (χ4n) is 3.70. The van der Waals surface area contributed by atoms with Crippen LogP contribution in [0.3, 0.4) is 0 Å². The van der Waals surface area contributed by atoms with Crippen LogP contribution < -0.4 is 5.73 Å². The van der Waals surface area contributed by atoms with E-state index in [1.807, 2.05) is 0 Å². The predicted octanol–water partition coefficient (Wildman–Crippen LogP) is 0.939. The van der Waals surface area contributed by atoms with Crippen molar-refractivity contribution < 1.29 is 14.3 Å². The second kappa shape index (κ2) is 4.58. The number of fused-ring (bicyclic) bond motifs is 2. The third-order valence-corrected chi connectivity index (χ3v) is 4.74. The molecule has 17 heavy (non-hydrogen) atoms. The Morgan fingerprint density at radius 2 is 2.12 bits per heavy atom. The monoisotopic (exact) mass is 239 g/mol. The molecule has 2 saturated carbocycles. The molecule has 2 bridgehead atoms. The van der Waals surface area contributed by atoms with E-state index in [1.54, 1.807) is 0 Å². The molecule has 0 aromatic carbocycles. The normalized spacial score (nSPS) is 44.2. The molecule has 2 N–H and O–H groups in total. The van der Waals surface area contributed by atoms with Gasteiger partial charge in [0.05, 0.1) is 19.1 Å². The van der Waals surface area contributed by atoms with E-state index in [0.29, 0.717) is 24.4 Å².